The molecule has 0 aromatic carbocycles. The Morgan fingerprint density at radius 3 is 1.05 bits per heavy atom. The molecular weight excluding hydrogens is 264 g/mol. The third-order valence-corrected chi connectivity index (χ3v) is 1.47. The fourth-order valence-electron chi connectivity index (χ4n) is 0.704. The van der Waals surface area contributed by atoms with E-state index in [-0.39, 0.29) is 13.2 Å². The number of ether oxygens (including phenoxy) is 1. The van der Waals surface area contributed by atoms with Crippen molar-refractivity contribution < 1.29 is 14.9 Å². The van der Waals surface area contributed by atoms with Gasteiger partial charge in [-0.15, -0.1) is 13.2 Å². The zero-order chi connectivity index (χ0) is 17.8. The van der Waals surface area contributed by atoms with E-state index < -0.39 is 0 Å². The standard InChI is InChI=1S/C6H14.C4H10O.2C3H6.C2H6O2/c1-3-5-6-4-2;1-3-5-4-2;2*1-3-2;3-1-2-4/h3-6H2,1-2H3;3-4H2,1-2H3;2*3H,1H2,2H3;3-4H,1-2H2. The lowest BCUT2D eigenvalue weighted by Crippen LogP contribution is -1.85. The van der Waals surface area contributed by atoms with Gasteiger partial charge in [0.2, 0.25) is 0 Å². The van der Waals surface area contributed by atoms with E-state index in [1.807, 2.05) is 27.7 Å². The number of hydrogen-bond acceptors (Lipinski definition) is 3. The van der Waals surface area contributed by atoms with E-state index in [4.69, 9.17) is 14.9 Å². The van der Waals surface area contributed by atoms with Crippen molar-refractivity contribution in [3.8, 4) is 0 Å². The topological polar surface area (TPSA) is 49.7 Å². The van der Waals surface area contributed by atoms with Crippen LogP contribution >= 0.6 is 0 Å². The maximum absolute atomic E-state index is 7.62. The van der Waals surface area contributed by atoms with E-state index >= 15 is 0 Å². The molecule has 0 rings (SSSR count). The lowest BCUT2D eigenvalue weighted by Gasteiger charge is -1.86. The lowest BCUT2D eigenvalue weighted by molar-refractivity contribution is 0.162. The first kappa shape index (κ1) is 32.3. The third-order valence-electron chi connectivity index (χ3n) is 1.47. The Bertz CT molecular complexity index is 112. The highest BCUT2D eigenvalue weighted by Crippen LogP contribution is 1.95. The first-order valence-corrected chi connectivity index (χ1v) is 8.01. The molecule has 0 aliphatic heterocycles. The summed E-state index contributed by atoms with van der Waals surface area (Å²) in [5, 5.41) is 15.2. The summed E-state index contributed by atoms with van der Waals surface area (Å²) in [6.07, 6.45) is 9.04. The van der Waals surface area contributed by atoms with Crippen molar-refractivity contribution in [2.24, 2.45) is 0 Å². The number of unbranched alkanes of at least 4 members (excludes halogenated alkanes) is 3. The van der Waals surface area contributed by atoms with Gasteiger partial charge in [-0.1, -0.05) is 51.7 Å². The molecule has 0 saturated carbocycles. The van der Waals surface area contributed by atoms with Crippen LogP contribution in [0.15, 0.2) is 25.3 Å². The number of allylic oxidation sites excluding steroid dienone is 2. The van der Waals surface area contributed by atoms with Gasteiger partial charge in [0, 0.05) is 13.2 Å². The van der Waals surface area contributed by atoms with Gasteiger partial charge in [-0.3, -0.25) is 0 Å². The molecule has 0 bridgehead atoms. The van der Waals surface area contributed by atoms with Gasteiger partial charge in [-0.25, -0.2) is 0 Å². The minimum Gasteiger partial charge on any atom is -0.394 e. The van der Waals surface area contributed by atoms with Crippen molar-refractivity contribution >= 4 is 0 Å². The van der Waals surface area contributed by atoms with Crippen molar-refractivity contribution in [3.63, 3.8) is 0 Å². The fraction of sp³-hybridized carbons (Fsp3) is 0.778. The van der Waals surface area contributed by atoms with Gasteiger partial charge in [0.15, 0.2) is 0 Å². The van der Waals surface area contributed by atoms with Crippen LogP contribution in [0.5, 0.6) is 0 Å². The van der Waals surface area contributed by atoms with Crippen molar-refractivity contribution in [2.75, 3.05) is 26.4 Å². The molecule has 0 saturated heterocycles. The highest BCUT2D eigenvalue weighted by molar-refractivity contribution is 4.52. The highest BCUT2D eigenvalue weighted by Gasteiger charge is 1.75. The normalized spacial score (nSPS) is 7.24. The van der Waals surface area contributed by atoms with Crippen molar-refractivity contribution in [1.82, 2.24) is 0 Å². The molecule has 132 valence electrons. The summed E-state index contributed by atoms with van der Waals surface area (Å²) in [6.45, 7) is 20.4. The van der Waals surface area contributed by atoms with E-state index in [0.29, 0.717) is 0 Å². The molecule has 3 heteroatoms. The first-order valence-electron chi connectivity index (χ1n) is 8.01. The Hall–Kier alpha value is -0.640. The highest BCUT2D eigenvalue weighted by atomic mass is 16.5. The Morgan fingerprint density at radius 2 is 1.00 bits per heavy atom. The van der Waals surface area contributed by atoms with Crippen LogP contribution in [0, 0.1) is 0 Å². The summed E-state index contributed by atoms with van der Waals surface area (Å²) >= 11 is 0. The van der Waals surface area contributed by atoms with Crippen LogP contribution in [0.4, 0.5) is 0 Å². The van der Waals surface area contributed by atoms with E-state index in [0.717, 1.165) is 13.2 Å². The van der Waals surface area contributed by atoms with Crippen LogP contribution < -0.4 is 0 Å². The Kier molecular flexibility index (Phi) is 93.7. The van der Waals surface area contributed by atoms with Crippen LogP contribution in [0.1, 0.15) is 67.2 Å². The maximum atomic E-state index is 7.62. The van der Waals surface area contributed by atoms with Gasteiger partial charge in [-0.05, 0) is 27.7 Å². The summed E-state index contributed by atoms with van der Waals surface area (Å²) < 4.78 is 4.83. The molecule has 0 aromatic heterocycles. The number of aliphatic hydroxyl groups excluding tert-OH is 2. The van der Waals surface area contributed by atoms with Crippen molar-refractivity contribution in [1.29, 1.82) is 0 Å². The minimum absolute atomic E-state index is 0.125. The zero-order valence-electron chi connectivity index (χ0n) is 15.5. The molecule has 3 nitrogen and oxygen atoms in total. The molecule has 0 fully saturated rings. The molecule has 0 atom stereocenters. The van der Waals surface area contributed by atoms with Crippen molar-refractivity contribution in [3.05, 3.63) is 25.3 Å². The maximum Gasteiger partial charge on any atom is 0.0662 e. The second-order valence-electron chi connectivity index (χ2n) is 3.75. The fourth-order valence-corrected chi connectivity index (χ4v) is 0.704. The molecule has 0 unspecified atom stereocenters. The summed E-state index contributed by atoms with van der Waals surface area (Å²) in [5.41, 5.74) is 0. The SMILES string of the molecule is C=CC.C=CC.CCCCCC.CCOCC.OCCO. The van der Waals surface area contributed by atoms with Crippen LogP contribution in [0.2, 0.25) is 0 Å². The second kappa shape index (κ2) is 60.8. The van der Waals surface area contributed by atoms with Crippen molar-refractivity contribution in [2.45, 2.75) is 67.2 Å². The van der Waals surface area contributed by atoms with Gasteiger partial charge in [0.25, 0.3) is 0 Å². The Labute approximate surface area is 134 Å². The van der Waals surface area contributed by atoms with Crippen LogP contribution in [0.25, 0.3) is 0 Å². The molecule has 0 aliphatic carbocycles. The second-order valence-corrected chi connectivity index (χ2v) is 3.75. The van der Waals surface area contributed by atoms with E-state index in [2.05, 4.69) is 27.0 Å². The number of hydrogen-bond donors (Lipinski definition) is 2. The molecule has 0 heterocycles. The van der Waals surface area contributed by atoms with E-state index in [9.17, 15) is 0 Å². The third kappa shape index (κ3) is 203. The van der Waals surface area contributed by atoms with E-state index in [1.54, 1.807) is 12.2 Å². The number of rotatable bonds is 6. The Balaban J connectivity index is -0.0000000524. The molecule has 21 heavy (non-hydrogen) atoms. The summed E-state index contributed by atoms with van der Waals surface area (Å²) in [7, 11) is 0. The zero-order valence-corrected chi connectivity index (χ0v) is 15.5. The predicted molar refractivity (Wildman–Crippen MR) is 97.9 cm³/mol. The molecule has 0 aliphatic rings. The summed E-state index contributed by atoms with van der Waals surface area (Å²) in [5.74, 6) is 0. The first-order chi connectivity index (χ1) is 10.1. The molecule has 2 N–H and O–H groups in total. The minimum atomic E-state index is -0.125. The van der Waals surface area contributed by atoms with Gasteiger partial charge in [0.1, 0.15) is 0 Å². The van der Waals surface area contributed by atoms with Gasteiger partial charge < -0.3 is 14.9 Å². The van der Waals surface area contributed by atoms with Gasteiger partial charge >= 0.3 is 0 Å². The summed E-state index contributed by atoms with van der Waals surface area (Å²) in [4.78, 5) is 0. The van der Waals surface area contributed by atoms with Crippen LogP contribution in [0.3, 0.4) is 0 Å². The Morgan fingerprint density at radius 1 is 0.762 bits per heavy atom. The van der Waals surface area contributed by atoms with Gasteiger partial charge in [-0.2, -0.15) is 0 Å². The van der Waals surface area contributed by atoms with E-state index in [1.165, 1.54) is 25.7 Å². The molecule has 0 amide bonds. The van der Waals surface area contributed by atoms with Crippen LogP contribution in [-0.2, 0) is 4.74 Å². The number of aliphatic hydroxyl groups is 2. The summed E-state index contributed by atoms with van der Waals surface area (Å²) in [6, 6.07) is 0. The quantitative estimate of drug-likeness (QED) is 0.537. The molecular formula is C18H42O3. The molecule has 0 spiro atoms. The smallest absolute Gasteiger partial charge is 0.0662 e. The molecule has 0 radical (unpaired) electrons. The van der Waals surface area contributed by atoms with Gasteiger partial charge in [0.05, 0.1) is 13.2 Å². The van der Waals surface area contributed by atoms with Crippen LogP contribution in [-0.4, -0.2) is 36.6 Å². The largest absolute Gasteiger partial charge is 0.394 e. The average molecular weight is 307 g/mol. The lowest BCUT2D eigenvalue weighted by atomic mass is 10.2. The predicted octanol–water partition coefficient (Wildman–Crippen LogP) is 4.99. The monoisotopic (exact) mass is 306 g/mol. The average Bonchev–Trinajstić information content (AvgIpc) is 2.48. The molecule has 0 aromatic rings.